The number of thioether (sulfide) groups is 1. The molecule has 6 heteroatoms. The highest BCUT2D eigenvalue weighted by Gasteiger charge is 2.18. The Hall–Kier alpha value is -1.56. The van der Waals surface area contributed by atoms with Crippen LogP contribution in [0.1, 0.15) is 31.2 Å². The van der Waals surface area contributed by atoms with E-state index in [4.69, 9.17) is 15.2 Å². The third-order valence-corrected chi connectivity index (χ3v) is 5.53. The monoisotopic (exact) mass is 349 g/mol. The quantitative estimate of drug-likeness (QED) is 0.654. The lowest BCUT2D eigenvalue weighted by atomic mass is 10.2. The minimum absolute atomic E-state index is 0.313. The van der Waals surface area contributed by atoms with Crippen LogP contribution < -0.4 is 15.2 Å². The van der Waals surface area contributed by atoms with Crippen LogP contribution in [0.5, 0.6) is 11.5 Å². The summed E-state index contributed by atoms with van der Waals surface area (Å²) in [6.45, 7) is 2.54. The number of hydrogen-bond donors (Lipinski definition) is 1. The molecule has 0 amide bonds. The predicted molar refractivity (Wildman–Crippen MR) is 100 cm³/mol. The van der Waals surface area contributed by atoms with Crippen LogP contribution in [0.3, 0.4) is 0 Å². The molecule has 2 aliphatic rings. The summed E-state index contributed by atoms with van der Waals surface area (Å²) in [5.74, 6) is 4.50. The number of rotatable bonds is 5. The van der Waals surface area contributed by atoms with E-state index in [1.165, 1.54) is 12.8 Å². The van der Waals surface area contributed by atoms with Crippen molar-refractivity contribution in [3.8, 4) is 11.5 Å². The summed E-state index contributed by atoms with van der Waals surface area (Å²) in [6.07, 6.45) is 5.08. The Bertz CT molecular complexity index is 567. The number of nitrogens with zero attached hydrogens (tertiary/aromatic N) is 2. The van der Waals surface area contributed by atoms with E-state index >= 15 is 0 Å². The minimum Gasteiger partial charge on any atom is -0.493 e. The molecule has 0 unspecified atom stereocenters. The normalized spacial score (nSPS) is 19.5. The molecular weight excluding hydrogens is 322 g/mol. The summed E-state index contributed by atoms with van der Waals surface area (Å²) in [5.41, 5.74) is 7.23. The minimum atomic E-state index is 0.313. The number of benzene rings is 1. The maximum Gasteiger partial charge on any atom is 0.191 e. The van der Waals surface area contributed by atoms with E-state index in [1.54, 1.807) is 7.11 Å². The van der Waals surface area contributed by atoms with Crippen molar-refractivity contribution in [3.05, 3.63) is 23.8 Å². The Morgan fingerprint density at radius 1 is 1.25 bits per heavy atom. The summed E-state index contributed by atoms with van der Waals surface area (Å²) in [5, 5.41) is 0. The maximum atomic E-state index is 6.14. The van der Waals surface area contributed by atoms with Crippen molar-refractivity contribution in [2.24, 2.45) is 10.7 Å². The van der Waals surface area contributed by atoms with Gasteiger partial charge in [0.25, 0.3) is 0 Å². The van der Waals surface area contributed by atoms with Gasteiger partial charge in [0.1, 0.15) is 0 Å². The molecule has 1 saturated heterocycles. The maximum absolute atomic E-state index is 6.14. The fraction of sp³-hybridized carbons (Fsp3) is 0.611. The molecule has 5 nitrogen and oxygen atoms in total. The Balaban J connectivity index is 1.66. The summed E-state index contributed by atoms with van der Waals surface area (Å²) in [4.78, 5) is 6.72. The topological polar surface area (TPSA) is 60.1 Å². The van der Waals surface area contributed by atoms with Gasteiger partial charge in [0.15, 0.2) is 17.5 Å². The van der Waals surface area contributed by atoms with Gasteiger partial charge in [0, 0.05) is 24.6 Å². The molecule has 0 aromatic heterocycles. The van der Waals surface area contributed by atoms with E-state index in [1.807, 2.05) is 30.0 Å². The van der Waals surface area contributed by atoms with Gasteiger partial charge in [-0.15, -0.1) is 0 Å². The molecule has 1 heterocycles. The van der Waals surface area contributed by atoms with Gasteiger partial charge in [0.2, 0.25) is 0 Å². The van der Waals surface area contributed by atoms with Crippen LogP contribution in [-0.2, 0) is 6.54 Å². The molecular formula is C18H27N3O2S. The Labute approximate surface area is 148 Å². The summed E-state index contributed by atoms with van der Waals surface area (Å²) in [7, 11) is 1.68. The smallest absolute Gasteiger partial charge is 0.191 e. The second kappa shape index (κ2) is 8.51. The van der Waals surface area contributed by atoms with Crippen molar-refractivity contribution in [1.82, 2.24) is 4.90 Å². The van der Waals surface area contributed by atoms with E-state index in [0.29, 0.717) is 18.6 Å². The van der Waals surface area contributed by atoms with Gasteiger partial charge in [-0.2, -0.15) is 11.8 Å². The lowest BCUT2D eigenvalue weighted by Crippen LogP contribution is -2.42. The van der Waals surface area contributed by atoms with Gasteiger partial charge in [-0.05, 0) is 43.4 Å². The fourth-order valence-electron chi connectivity index (χ4n) is 3.16. The molecule has 0 atom stereocenters. The first-order valence-corrected chi connectivity index (χ1v) is 9.88. The van der Waals surface area contributed by atoms with Crippen molar-refractivity contribution < 1.29 is 9.47 Å². The molecule has 2 fully saturated rings. The van der Waals surface area contributed by atoms with Crippen LogP contribution in [0.4, 0.5) is 0 Å². The second-order valence-corrected chi connectivity index (χ2v) is 7.51. The Morgan fingerprint density at radius 2 is 2.00 bits per heavy atom. The van der Waals surface area contributed by atoms with Gasteiger partial charge in [-0.3, -0.25) is 0 Å². The molecule has 0 spiro atoms. The third-order valence-electron chi connectivity index (χ3n) is 4.58. The van der Waals surface area contributed by atoms with E-state index < -0.39 is 0 Å². The van der Waals surface area contributed by atoms with E-state index in [0.717, 1.165) is 54.5 Å². The van der Waals surface area contributed by atoms with Crippen LogP contribution in [0, 0.1) is 0 Å². The number of hydrogen-bond acceptors (Lipinski definition) is 4. The zero-order chi connectivity index (χ0) is 16.8. The highest BCUT2D eigenvalue weighted by Crippen LogP contribution is 2.32. The molecule has 1 saturated carbocycles. The molecule has 2 N–H and O–H groups in total. The fourth-order valence-corrected chi connectivity index (χ4v) is 4.07. The van der Waals surface area contributed by atoms with Crippen molar-refractivity contribution in [2.45, 2.75) is 38.3 Å². The first-order valence-electron chi connectivity index (χ1n) is 8.72. The first-order chi connectivity index (χ1) is 11.8. The van der Waals surface area contributed by atoms with Crippen LogP contribution in [-0.4, -0.2) is 48.7 Å². The van der Waals surface area contributed by atoms with Gasteiger partial charge >= 0.3 is 0 Å². The zero-order valence-electron chi connectivity index (χ0n) is 14.4. The highest BCUT2D eigenvalue weighted by molar-refractivity contribution is 7.99. The number of methoxy groups -OCH3 is 1. The Kier molecular flexibility index (Phi) is 6.12. The number of aliphatic imine (C=N–C) groups is 1. The summed E-state index contributed by atoms with van der Waals surface area (Å²) >= 11 is 1.97. The Morgan fingerprint density at radius 3 is 2.71 bits per heavy atom. The largest absolute Gasteiger partial charge is 0.493 e. The van der Waals surface area contributed by atoms with Crippen LogP contribution in [0.25, 0.3) is 0 Å². The molecule has 0 radical (unpaired) electrons. The average Bonchev–Trinajstić information content (AvgIpc) is 3.13. The molecule has 3 rings (SSSR count). The van der Waals surface area contributed by atoms with Crippen molar-refractivity contribution in [2.75, 3.05) is 31.7 Å². The third kappa shape index (κ3) is 4.50. The van der Waals surface area contributed by atoms with Crippen LogP contribution in [0.2, 0.25) is 0 Å². The summed E-state index contributed by atoms with van der Waals surface area (Å²) in [6, 6.07) is 6.03. The molecule has 1 aromatic carbocycles. The second-order valence-electron chi connectivity index (χ2n) is 6.28. The average molecular weight is 350 g/mol. The van der Waals surface area contributed by atoms with Crippen molar-refractivity contribution in [3.63, 3.8) is 0 Å². The summed E-state index contributed by atoms with van der Waals surface area (Å²) < 4.78 is 11.6. The van der Waals surface area contributed by atoms with E-state index in [2.05, 4.69) is 9.89 Å². The SMILES string of the molecule is COc1ccc(CN=C(N)N2CCSCC2)cc1OC1CCCC1. The number of guanidine groups is 1. The number of ether oxygens (including phenoxy) is 2. The van der Waals surface area contributed by atoms with Crippen molar-refractivity contribution in [1.29, 1.82) is 0 Å². The highest BCUT2D eigenvalue weighted by atomic mass is 32.2. The van der Waals surface area contributed by atoms with E-state index in [9.17, 15) is 0 Å². The van der Waals surface area contributed by atoms with Gasteiger partial charge in [-0.25, -0.2) is 4.99 Å². The molecule has 0 bridgehead atoms. The van der Waals surface area contributed by atoms with Crippen molar-refractivity contribution >= 4 is 17.7 Å². The van der Waals surface area contributed by atoms with E-state index in [-0.39, 0.29) is 0 Å². The number of nitrogens with two attached hydrogens (primary N) is 1. The standard InChI is InChI=1S/C18H27N3O2S/c1-22-16-7-6-14(12-17(16)23-15-4-2-3-5-15)13-20-18(19)21-8-10-24-11-9-21/h6-7,12,15H,2-5,8-11,13H2,1H3,(H2,19,20). The predicted octanol–water partition coefficient (Wildman–Crippen LogP) is 2.88. The molecule has 1 aliphatic heterocycles. The van der Waals surface area contributed by atoms with Gasteiger partial charge in [-0.1, -0.05) is 6.07 Å². The first kappa shape index (κ1) is 17.3. The molecule has 1 aromatic rings. The lowest BCUT2D eigenvalue weighted by Gasteiger charge is -2.27. The van der Waals surface area contributed by atoms with Gasteiger partial charge < -0.3 is 20.1 Å². The molecule has 1 aliphatic carbocycles. The zero-order valence-corrected chi connectivity index (χ0v) is 15.2. The molecule has 24 heavy (non-hydrogen) atoms. The van der Waals surface area contributed by atoms with Crippen LogP contribution in [0.15, 0.2) is 23.2 Å². The van der Waals surface area contributed by atoms with Crippen LogP contribution >= 0.6 is 11.8 Å². The molecule has 132 valence electrons. The van der Waals surface area contributed by atoms with Gasteiger partial charge in [0.05, 0.1) is 19.8 Å². The lowest BCUT2D eigenvalue weighted by molar-refractivity contribution is 0.200.